The van der Waals surface area contributed by atoms with Gasteiger partial charge in [0, 0.05) is 29.2 Å². The average Bonchev–Trinajstić information content (AvgIpc) is 3.01. The van der Waals surface area contributed by atoms with Gasteiger partial charge in [0.05, 0.1) is 22.9 Å². The summed E-state index contributed by atoms with van der Waals surface area (Å²) in [7, 11) is 0. The maximum atomic E-state index is 13.4. The number of aryl methyl sites for hydroxylation is 3. The Bertz CT molecular complexity index is 1070. The lowest BCUT2D eigenvalue weighted by atomic mass is 10.00. The summed E-state index contributed by atoms with van der Waals surface area (Å²) in [5.41, 5.74) is 4.54. The van der Waals surface area contributed by atoms with Crippen LogP contribution >= 0.6 is 0 Å². The zero-order chi connectivity index (χ0) is 21.3. The van der Waals surface area contributed by atoms with E-state index in [0.717, 1.165) is 39.8 Å². The van der Waals surface area contributed by atoms with Gasteiger partial charge in [-0.2, -0.15) is 23.5 Å². The fraction of sp³-hybridized carbons (Fsp3) is 0.273. The van der Waals surface area contributed by atoms with Crippen molar-refractivity contribution >= 4 is 11.4 Å². The van der Waals surface area contributed by atoms with E-state index in [0.29, 0.717) is 12.2 Å². The van der Waals surface area contributed by atoms with Crippen molar-refractivity contribution < 1.29 is 13.2 Å². The molecule has 0 radical (unpaired) electrons. The minimum absolute atomic E-state index is 0.382. The molecule has 29 heavy (non-hydrogen) atoms. The van der Waals surface area contributed by atoms with Gasteiger partial charge < -0.3 is 4.90 Å². The van der Waals surface area contributed by atoms with Gasteiger partial charge in [-0.05, 0) is 63.1 Å². The smallest absolute Gasteiger partial charge is 0.342 e. The first-order valence-corrected chi connectivity index (χ1v) is 9.18. The fourth-order valence-corrected chi connectivity index (χ4v) is 3.56. The number of H-pyrrole nitrogens is 1. The number of benzene rings is 2. The lowest BCUT2D eigenvalue weighted by Gasteiger charge is -2.27. The standard InChI is InChI=1S/C22H21F3N4/c1-5-29(18-9-8-17(12-26)19(11-18)22(23,24)25)20-10-16(7-6-13(20)2)21-14(3)27-28-15(21)4/h6-11H,5H2,1-4H3,(H,27,28). The molecule has 0 aliphatic carbocycles. The second-order valence-corrected chi connectivity index (χ2v) is 6.89. The summed E-state index contributed by atoms with van der Waals surface area (Å²) in [5.74, 6) is 0. The normalized spacial score (nSPS) is 11.4. The van der Waals surface area contributed by atoms with Crippen LogP contribution in [0.25, 0.3) is 11.1 Å². The summed E-state index contributed by atoms with van der Waals surface area (Å²) in [6, 6.07) is 11.4. The number of hydrogen-bond acceptors (Lipinski definition) is 3. The van der Waals surface area contributed by atoms with E-state index >= 15 is 0 Å². The maximum Gasteiger partial charge on any atom is 0.417 e. The Morgan fingerprint density at radius 1 is 1.10 bits per heavy atom. The summed E-state index contributed by atoms with van der Waals surface area (Å²) in [6.07, 6.45) is -4.59. The summed E-state index contributed by atoms with van der Waals surface area (Å²) in [5, 5.41) is 16.2. The first kappa shape index (κ1) is 20.5. The van der Waals surface area contributed by atoms with E-state index in [1.54, 1.807) is 12.1 Å². The molecule has 1 N–H and O–H groups in total. The number of nitrogens with one attached hydrogen (secondary N) is 1. The van der Waals surface area contributed by atoms with E-state index in [4.69, 9.17) is 5.26 Å². The fourth-order valence-electron chi connectivity index (χ4n) is 3.56. The molecule has 0 spiro atoms. The number of anilines is 2. The first-order chi connectivity index (χ1) is 13.7. The molecule has 0 saturated carbocycles. The molecular weight excluding hydrogens is 377 g/mol. The summed E-state index contributed by atoms with van der Waals surface area (Å²) in [4.78, 5) is 1.82. The molecule has 0 atom stereocenters. The molecule has 3 aromatic rings. The number of aromatic amines is 1. The van der Waals surface area contributed by atoms with Crippen LogP contribution in [0.1, 0.15) is 35.0 Å². The zero-order valence-electron chi connectivity index (χ0n) is 16.6. The maximum absolute atomic E-state index is 13.4. The Morgan fingerprint density at radius 2 is 1.83 bits per heavy atom. The van der Waals surface area contributed by atoms with E-state index in [1.807, 2.05) is 50.8 Å². The van der Waals surface area contributed by atoms with Gasteiger partial charge in [-0.1, -0.05) is 12.1 Å². The largest absolute Gasteiger partial charge is 0.417 e. The Morgan fingerprint density at radius 3 is 2.38 bits per heavy atom. The van der Waals surface area contributed by atoms with Crippen molar-refractivity contribution in [1.82, 2.24) is 10.2 Å². The van der Waals surface area contributed by atoms with Crippen LogP contribution in [0, 0.1) is 32.1 Å². The Labute approximate surface area is 167 Å². The van der Waals surface area contributed by atoms with E-state index in [-0.39, 0.29) is 5.56 Å². The SMILES string of the molecule is CCN(c1ccc(C#N)c(C(F)(F)F)c1)c1cc(-c2c(C)n[nH]c2C)ccc1C. The Kier molecular flexibility index (Phi) is 5.38. The highest BCUT2D eigenvalue weighted by Crippen LogP contribution is 2.38. The Balaban J connectivity index is 2.15. The molecule has 0 bridgehead atoms. The van der Waals surface area contributed by atoms with E-state index in [2.05, 4.69) is 10.2 Å². The van der Waals surface area contributed by atoms with E-state index in [1.165, 1.54) is 6.07 Å². The van der Waals surface area contributed by atoms with E-state index in [9.17, 15) is 13.2 Å². The second-order valence-electron chi connectivity index (χ2n) is 6.89. The molecule has 150 valence electrons. The van der Waals surface area contributed by atoms with Crippen LogP contribution in [0.2, 0.25) is 0 Å². The van der Waals surface area contributed by atoms with Gasteiger partial charge in [0.1, 0.15) is 0 Å². The van der Waals surface area contributed by atoms with Gasteiger partial charge in [-0.25, -0.2) is 0 Å². The molecule has 0 saturated heterocycles. The number of rotatable bonds is 4. The average molecular weight is 398 g/mol. The second kappa shape index (κ2) is 7.63. The van der Waals surface area contributed by atoms with Gasteiger partial charge in [-0.3, -0.25) is 5.10 Å². The van der Waals surface area contributed by atoms with Crippen molar-refractivity contribution in [2.75, 3.05) is 11.4 Å². The lowest BCUT2D eigenvalue weighted by molar-refractivity contribution is -0.137. The van der Waals surface area contributed by atoms with Crippen molar-refractivity contribution in [3.05, 3.63) is 64.5 Å². The van der Waals surface area contributed by atoms with Gasteiger partial charge in [0.25, 0.3) is 0 Å². The molecular formula is C22H21F3N4. The highest BCUT2D eigenvalue weighted by atomic mass is 19.4. The molecule has 0 amide bonds. The van der Waals surface area contributed by atoms with Crippen LogP contribution in [-0.2, 0) is 6.18 Å². The molecule has 3 rings (SSSR count). The van der Waals surface area contributed by atoms with Gasteiger partial charge in [0.15, 0.2) is 0 Å². The molecule has 0 aliphatic heterocycles. The molecule has 7 heteroatoms. The third-order valence-corrected chi connectivity index (χ3v) is 4.97. The van der Waals surface area contributed by atoms with Crippen LogP contribution in [-0.4, -0.2) is 16.7 Å². The number of aromatic nitrogens is 2. The third-order valence-electron chi connectivity index (χ3n) is 4.97. The zero-order valence-corrected chi connectivity index (χ0v) is 16.6. The van der Waals surface area contributed by atoms with Crippen molar-refractivity contribution in [2.24, 2.45) is 0 Å². The number of halogens is 3. The monoisotopic (exact) mass is 398 g/mol. The summed E-state index contributed by atoms with van der Waals surface area (Å²) < 4.78 is 40.3. The molecule has 0 unspecified atom stereocenters. The van der Waals surface area contributed by atoms with Crippen LogP contribution in [0.4, 0.5) is 24.5 Å². The number of hydrogen-bond donors (Lipinski definition) is 1. The van der Waals surface area contributed by atoms with Crippen LogP contribution in [0.3, 0.4) is 0 Å². The molecule has 4 nitrogen and oxygen atoms in total. The van der Waals surface area contributed by atoms with Crippen molar-refractivity contribution in [3.8, 4) is 17.2 Å². The third kappa shape index (κ3) is 3.83. The van der Waals surface area contributed by atoms with Crippen LogP contribution < -0.4 is 4.90 Å². The summed E-state index contributed by atoms with van der Waals surface area (Å²) >= 11 is 0. The highest BCUT2D eigenvalue weighted by Gasteiger charge is 2.34. The molecule has 0 aliphatic rings. The minimum atomic E-state index is -4.59. The van der Waals surface area contributed by atoms with Crippen LogP contribution in [0.5, 0.6) is 0 Å². The topological polar surface area (TPSA) is 55.7 Å². The van der Waals surface area contributed by atoms with Crippen molar-refractivity contribution in [3.63, 3.8) is 0 Å². The Hall–Kier alpha value is -3.27. The minimum Gasteiger partial charge on any atom is -0.342 e. The summed E-state index contributed by atoms with van der Waals surface area (Å²) in [6.45, 7) is 8.11. The van der Waals surface area contributed by atoms with Crippen LogP contribution in [0.15, 0.2) is 36.4 Å². The number of nitrogens with zero attached hydrogens (tertiary/aromatic N) is 3. The van der Waals surface area contributed by atoms with Gasteiger partial charge in [0.2, 0.25) is 0 Å². The molecule has 1 aromatic heterocycles. The highest BCUT2D eigenvalue weighted by molar-refractivity contribution is 5.77. The van der Waals surface area contributed by atoms with E-state index < -0.39 is 11.7 Å². The predicted octanol–water partition coefficient (Wildman–Crippen LogP) is 6.05. The lowest BCUT2D eigenvalue weighted by Crippen LogP contribution is -2.19. The number of alkyl halides is 3. The van der Waals surface area contributed by atoms with Gasteiger partial charge >= 0.3 is 6.18 Å². The first-order valence-electron chi connectivity index (χ1n) is 9.18. The van der Waals surface area contributed by atoms with Crippen molar-refractivity contribution in [1.29, 1.82) is 5.26 Å². The number of nitriles is 1. The molecule has 2 aromatic carbocycles. The molecule has 0 fully saturated rings. The quantitative estimate of drug-likeness (QED) is 0.582. The van der Waals surface area contributed by atoms with Crippen molar-refractivity contribution in [2.45, 2.75) is 33.9 Å². The van der Waals surface area contributed by atoms with Gasteiger partial charge in [-0.15, -0.1) is 0 Å². The predicted molar refractivity (Wildman–Crippen MR) is 107 cm³/mol. The molecule has 1 heterocycles.